The topological polar surface area (TPSA) is 21.3 Å². The van der Waals surface area contributed by atoms with Gasteiger partial charge in [-0.2, -0.15) is 0 Å². The van der Waals surface area contributed by atoms with E-state index in [-0.39, 0.29) is 0 Å². The highest BCUT2D eigenvalue weighted by atomic mass is 16.5. The van der Waals surface area contributed by atoms with Crippen LogP contribution in [0.1, 0.15) is 12.0 Å². The quantitative estimate of drug-likeness (QED) is 0.862. The number of benzene rings is 2. The van der Waals surface area contributed by atoms with Crippen molar-refractivity contribution in [3.63, 3.8) is 0 Å². The van der Waals surface area contributed by atoms with Crippen molar-refractivity contribution in [2.75, 3.05) is 19.0 Å². The number of methoxy groups -OCH3 is 1. The van der Waals surface area contributed by atoms with Crippen molar-refractivity contribution in [3.8, 4) is 16.9 Å². The van der Waals surface area contributed by atoms with Gasteiger partial charge < -0.3 is 10.1 Å². The third kappa shape index (κ3) is 2.06. The van der Waals surface area contributed by atoms with Crippen LogP contribution in [0.25, 0.3) is 11.1 Å². The van der Waals surface area contributed by atoms with Crippen LogP contribution in [0.15, 0.2) is 42.5 Å². The third-order valence-electron chi connectivity index (χ3n) is 3.47. The molecule has 2 nitrogen and oxygen atoms in total. The summed E-state index contributed by atoms with van der Waals surface area (Å²) in [7, 11) is 1.69. The van der Waals surface area contributed by atoms with Crippen LogP contribution in [0.4, 0.5) is 5.69 Å². The maximum atomic E-state index is 5.19. The van der Waals surface area contributed by atoms with E-state index in [4.69, 9.17) is 4.74 Å². The smallest absolute Gasteiger partial charge is 0.118 e. The van der Waals surface area contributed by atoms with Gasteiger partial charge in [-0.1, -0.05) is 18.2 Å². The van der Waals surface area contributed by atoms with Crippen molar-refractivity contribution in [1.82, 2.24) is 0 Å². The van der Waals surface area contributed by atoms with Gasteiger partial charge in [0.05, 0.1) is 7.11 Å². The molecule has 92 valence electrons. The Labute approximate surface area is 108 Å². The molecule has 1 heterocycles. The Kier molecular flexibility index (Phi) is 2.93. The monoisotopic (exact) mass is 239 g/mol. The number of ether oxygens (including phenoxy) is 1. The normalized spacial score (nSPS) is 13.6. The van der Waals surface area contributed by atoms with Gasteiger partial charge in [-0.3, -0.25) is 0 Å². The van der Waals surface area contributed by atoms with Crippen LogP contribution in [-0.2, 0) is 6.42 Å². The molecule has 0 unspecified atom stereocenters. The number of nitrogens with one attached hydrogen (secondary N) is 1. The van der Waals surface area contributed by atoms with Crippen LogP contribution in [0.2, 0.25) is 0 Å². The van der Waals surface area contributed by atoms with Gasteiger partial charge in [0.15, 0.2) is 0 Å². The van der Waals surface area contributed by atoms with E-state index in [0.29, 0.717) is 0 Å². The van der Waals surface area contributed by atoms with Gasteiger partial charge in [0.25, 0.3) is 0 Å². The summed E-state index contributed by atoms with van der Waals surface area (Å²) in [5, 5.41) is 3.44. The molecule has 0 radical (unpaired) electrons. The second-order valence-electron chi connectivity index (χ2n) is 4.63. The van der Waals surface area contributed by atoms with Crippen molar-refractivity contribution < 1.29 is 4.74 Å². The Hall–Kier alpha value is -1.96. The molecule has 0 aromatic heterocycles. The highest BCUT2D eigenvalue weighted by molar-refractivity contribution is 5.69. The first-order chi connectivity index (χ1) is 8.86. The Morgan fingerprint density at radius 1 is 1.00 bits per heavy atom. The van der Waals surface area contributed by atoms with E-state index in [9.17, 15) is 0 Å². The molecule has 0 aliphatic carbocycles. The summed E-state index contributed by atoms with van der Waals surface area (Å²) in [4.78, 5) is 0. The largest absolute Gasteiger partial charge is 0.497 e. The molecular formula is C16H17NO. The summed E-state index contributed by atoms with van der Waals surface area (Å²) in [6.07, 6.45) is 2.39. The van der Waals surface area contributed by atoms with E-state index < -0.39 is 0 Å². The lowest BCUT2D eigenvalue weighted by Gasteiger charge is -2.18. The van der Waals surface area contributed by atoms with Crippen LogP contribution in [0, 0.1) is 0 Å². The van der Waals surface area contributed by atoms with Gasteiger partial charge in [-0.05, 0) is 53.8 Å². The lowest BCUT2D eigenvalue weighted by molar-refractivity contribution is 0.415. The molecule has 0 saturated carbocycles. The predicted molar refractivity (Wildman–Crippen MR) is 75.2 cm³/mol. The maximum absolute atomic E-state index is 5.19. The molecule has 2 heteroatoms. The van der Waals surface area contributed by atoms with E-state index >= 15 is 0 Å². The molecule has 0 fully saturated rings. The Balaban J connectivity index is 1.95. The van der Waals surface area contributed by atoms with Crippen molar-refractivity contribution in [2.24, 2.45) is 0 Å². The molecule has 18 heavy (non-hydrogen) atoms. The fraction of sp³-hybridized carbons (Fsp3) is 0.250. The second kappa shape index (κ2) is 4.73. The van der Waals surface area contributed by atoms with E-state index in [1.54, 1.807) is 7.11 Å². The summed E-state index contributed by atoms with van der Waals surface area (Å²) < 4.78 is 5.19. The molecular weight excluding hydrogens is 222 g/mol. The molecule has 1 aliphatic heterocycles. The van der Waals surface area contributed by atoms with Crippen LogP contribution < -0.4 is 10.1 Å². The van der Waals surface area contributed by atoms with Crippen molar-refractivity contribution >= 4 is 5.69 Å². The minimum absolute atomic E-state index is 0.901. The predicted octanol–water partition coefficient (Wildman–Crippen LogP) is 3.72. The number of hydrogen-bond acceptors (Lipinski definition) is 2. The number of rotatable bonds is 2. The van der Waals surface area contributed by atoms with Crippen LogP contribution in [0.3, 0.4) is 0 Å². The summed E-state index contributed by atoms with van der Waals surface area (Å²) >= 11 is 0. The molecule has 0 saturated heterocycles. The zero-order valence-corrected chi connectivity index (χ0v) is 10.6. The van der Waals surface area contributed by atoms with Gasteiger partial charge in [-0.15, -0.1) is 0 Å². The van der Waals surface area contributed by atoms with Crippen molar-refractivity contribution in [2.45, 2.75) is 12.8 Å². The lowest BCUT2D eigenvalue weighted by atomic mass is 9.97. The van der Waals surface area contributed by atoms with Crippen LogP contribution in [0.5, 0.6) is 5.75 Å². The average Bonchev–Trinajstić information content (AvgIpc) is 2.47. The Bertz CT molecular complexity index is 546. The van der Waals surface area contributed by atoms with Gasteiger partial charge >= 0.3 is 0 Å². The first-order valence-corrected chi connectivity index (χ1v) is 6.38. The lowest BCUT2D eigenvalue weighted by Crippen LogP contribution is -2.11. The minimum Gasteiger partial charge on any atom is -0.497 e. The maximum Gasteiger partial charge on any atom is 0.118 e. The fourth-order valence-corrected chi connectivity index (χ4v) is 2.44. The summed E-state index contributed by atoms with van der Waals surface area (Å²) in [6, 6.07) is 14.9. The molecule has 0 bridgehead atoms. The summed E-state index contributed by atoms with van der Waals surface area (Å²) in [5.41, 5.74) is 5.23. The van der Waals surface area contributed by atoms with Crippen LogP contribution in [-0.4, -0.2) is 13.7 Å². The number of fused-ring (bicyclic) bond motifs is 1. The van der Waals surface area contributed by atoms with E-state index in [0.717, 1.165) is 12.3 Å². The Morgan fingerprint density at radius 3 is 2.56 bits per heavy atom. The number of anilines is 1. The molecule has 1 N–H and O–H groups in total. The van der Waals surface area contributed by atoms with E-state index in [1.807, 2.05) is 12.1 Å². The number of aryl methyl sites for hydroxylation is 1. The van der Waals surface area contributed by atoms with E-state index in [1.165, 1.54) is 35.2 Å². The molecule has 1 aliphatic rings. The molecule has 0 spiro atoms. The van der Waals surface area contributed by atoms with Crippen molar-refractivity contribution in [1.29, 1.82) is 0 Å². The molecule has 2 aromatic carbocycles. The minimum atomic E-state index is 0.901. The number of hydrogen-bond donors (Lipinski definition) is 1. The first-order valence-electron chi connectivity index (χ1n) is 6.38. The second-order valence-corrected chi connectivity index (χ2v) is 4.63. The summed E-state index contributed by atoms with van der Waals surface area (Å²) in [5.74, 6) is 0.901. The van der Waals surface area contributed by atoms with Crippen molar-refractivity contribution in [3.05, 3.63) is 48.0 Å². The average molecular weight is 239 g/mol. The standard InChI is InChI=1S/C16H17NO/c1-18-15-7-4-12(5-8-15)13-6-9-16-14(11-13)3-2-10-17-16/h4-9,11,17H,2-3,10H2,1H3. The van der Waals surface area contributed by atoms with Gasteiger partial charge in [0.2, 0.25) is 0 Å². The van der Waals surface area contributed by atoms with Gasteiger partial charge in [0, 0.05) is 12.2 Å². The van der Waals surface area contributed by atoms with E-state index in [2.05, 4.69) is 35.6 Å². The fourth-order valence-electron chi connectivity index (χ4n) is 2.44. The first kappa shape index (κ1) is 11.1. The SMILES string of the molecule is COc1ccc(-c2ccc3c(c2)CCCN3)cc1. The van der Waals surface area contributed by atoms with Crippen LogP contribution >= 0.6 is 0 Å². The van der Waals surface area contributed by atoms with Gasteiger partial charge in [-0.25, -0.2) is 0 Å². The highest BCUT2D eigenvalue weighted by Crippen LogP contribution is 2.29. The highest BCUT2D eigenvalue weighted by Gasteiger charge is 2.09. The zero-order valence-electron chi connectivity index (χ0n) is 10.6. The molecule has 0 atom stereocenters. The molecule has 2 aromatic rings. The summed E-state index contributed by atoms with van der Waals surface area (Å²) in [6.45, 7) is 1.09. The zero-order chi connectivity index (χ0) is 12.4. The van der Waals surface area contributed by atoms with Gasteiger partial charge in [0.1, 0.15) is 5.75 Å². The third-order valence-corrected chi connectivity index (χ3v) is 3.47. The Morgan fingerprint density at radius 2 is 1.78 bits per heavy atom. The molecule has 0 amide bonds. The molecule has 3 rings (SSSR count).